The van der Waals surface area contributed by atoms with E-state index in [1.165, 1.54) is 18.6 Å². The van der Waals surface area contributed by atoms with Gasteiger partial charge in [-0.15, -0.1) is 0 Å². The topological polar surface area (TPSA) is 123 Å². The maximum absolute atomic E-state index is 12.8. The Morgan fingerprint density at radius 3 is 2.58 bits per heavy atom. The minimum atomic E-state index is -3.74. The van der Waals surface area contributed by atoms with Crippen molar-refractivity contribution in [3.8, 4) is 0 Å². The van der Waals surface area contributed by atoms with Crippen LogP contribution in [-0.2, 0) is 15.5 Å². The molecule has 2 aromatic rings. The molecule has 3 rings (SSSR count). The number of pyridine rings is 1. The number of fused-ring (bicyclic) bond motifs is 1. The van der Waals surface area contributed by atoms with Crippen LogP contribution in [-0.4, -0.2) is 35.1 Å². The molecule has 0 saturated heterocycles. The van der Waals surface area contributed by atoms with Gasteiger partial charge in [-0.25, -0.2) is 18.4 Å². The quantitative estimate of drug-likeness (QED) is 0.812. The minimum absolute atomic E-state index is 0.00227. The third-order valence-corrected chi connectivity index (χ3v) is 4.71. The van der Waals surface area contributed by atoms with Crippen molar-refractivity contribution in [3.05, 3.63) is 40.7 Å². The number of nitrogens with one attached hydrogen (secondary N) is 2. The number of carbonyl (C=O) groups excluding carboxylic acids is 1. The van der Waals surface area contributed by atoms with Crippen molar-refractivity contribution in [1.82, 2.24) is 19.9 Å². The van der Waals surface area contributed by atoms with E-state index in [1.54, 1.807) is 13.8 Å². The van der Waals surface area contributed by atoms with Crippen LogP contribution in [0.2, 0.25) is 0 Å². The number of anilines is 2. The lowest BCUT2D eigenvalue weighted by Gasteiger charge is -2.22. The third-order valence-electron chi connectivity index (χ3n) is 3.60. The SMILES string of the molecule is CC1(C)NC(=O)c2c(S(C)(=O)=O)cc(Nc3ccncn3)c(=O)n21. The summed E-state index contributed by atoms with van der Waals surface area (Å²) in [5.74, 6) is -0.275. The van der Waals surface area contributed by atoms with E-state index in [0.29, 0.717) is 5.82 Å². The molecular weight excluding hydrogens is 334 g/mol. The highest BCUT2D eigenvalue weighted by molar-refractivity contribution is 7.90. The Balaban J connectivity index is 2.31. The van der Waals surface area contributed by atoms with Crippen LogP contribution in [0.15, 0.2) is 34.3 Å². The summed E-state index contributed by atoms with van der Waals surface area (Å²) in [6, 6.07) is 2.69. The molecule has 0 fully saturated rings. The first-order valence-corrected chi connectivity index (χ1v) is 8.86. The number of sulfone groups is 1. The normalized spacial score (nSPS) is 15.7. The highest BCUT2D eigenvalue weighted by Gasteiger charge is 2.40. The molecule has 2 aromatic heterocycles. The molecule has 2 N–H and O–H groups in total. The summed E-state index contributed by atoms with van der Waals surface area (Å²) >= 11 is 0. The number of hydrogen-bond donors (Lipinski definition) is 2. The van der Waals surface area contributed by atoms with Gasteiger partial charge in [0.15, 0.2) is 9.84 Å². The van der Waals surface area contributed by atoms with Gasteiger partial charge in [0.1, 0.15) is 29.2 Å². The lowest BCUT2D eigenvalue weighted by atomic mass is 10.2. The van der Waals surface area contributed by atoms with Crippen molar-refractivity contribution >= 4 is 27.2 Å². The van der Waals surface area contributed by atoms with E-state index < -0.39 is 27.0 Å². The van der Waals surface area contributed by atoms with Gasteiger partial charge in [0.25, 0.3) is 11.5 Å². The Labute approximate surface area is 137 Å². The van der Waals surface area contributed by atoms with Crippen LogP contribution in [0.1, 0.15) is 24.3 Å². The largest absolute Gasteiger partial charge is 0.336 e. The Hall–Kier alpha value is -2.75. The van der Waals surface area contributed by atoms with Crippen LogP contribution in [0, 0.1) is 0 Å². The van der Waals surface area contributed by atoms with Gasteiger partial charge in [0.05, 0.1) is 4.90 Å². The van der Waals surface area contributed by atoms with Crippen LogP contribution in [0.5, 0.6) is 0 Å². The third kappa shape index (κ3) is 2.54. The molecule has 126 valence electrons. The number of rotatable bonds is 3. The summed E-state index contributed by atoms with van der Waals surface area (Å²) < 4.78 is 25.4. The molecule has 0 radical (unpaired) electrons. The van der Waals surface area contributed by atoms with E-state index in [9.17, 15) is 18.0 Å². The first-order valence-electron chi connectivity index (χ1n) is 6.97. The molecule has 3 heterocycles. The van der Waals surface area contributed by atoms with Gasteiger partial charge in [0.2, 0.25) is 0 Å². The Morgan fingerprint density at radius 1 is 1.29 bits per heavy atom. The van der Waals surface area contributed by atoms with Gasteiger partial charge in [-0.3, -0.25) is 14.2 Å². The molecule has 10 heteroatoms. The highest BCUT2D eigenvalue weighted by atomic mass is 32.2. The van der Waals surface area contributed by atoms with Crippen LogP contribution in [0.3, 0.4) is 0 Å². The smallest absolute Gasteiger partial charge is 0.276 e. The molecule has 0 unspecified atom stereocenters. The van der Waals surface area contributed by atoms with Crippen molar-refractivity contribution in [1.29, 1.82) is 0 Å². The molecule has 1 amide bonds. The van der Waals surface area contributed by atoms with Crippen LogP contribution < -0.4 is 16.2 Å². The molecule has 0 aliphatic carbocycles. The molecule has 0 bridgehead atoms. The van der Waals surface area contributed by atoms with E-state index >= 15 is 0 Å². The second-order valence-corrected chi connectivity index (χ2v) is 7.90. The Kier molecular flexibility index (Phi) is 3.44. The molecule has 1 aliphatic heterocycles. The maximum atomic E-state index is 12.8. The van der Waals surface area contributed by atoms with Gasteiger partial charge >= 0.3 is 0 Å². The first kappa shape index (κ1) is 16.1. The van der Waals surface area contributed by atoms with Gasteiger partial charge in [-0.2, -0.15) is 0 Å². The number of nitrogens with zero attached hydrogens (tertiary/aromatic N) is 3. The predicted molar refractivity (Wildman–Crippen MR) is 85.9 cm³/mol. The molecule has 9 nitrogen and oxygen atoms in total. The summed E-state index contributed by atoms with van der Waals surface area (Å²) in [6.07, 6.45) is 3.76. The van der Waals surface area contributed by atoms with Crippen molar-refractivity contribution < 1.29 is 13.2 Å². The standard InChI is InChI=1S/C14H15N5O4S/c1-14(2)18-12(20)11-9(24(3,22)23)6-8(13(21)19(11)14)17-10-4-5-15-7-16-10/h4-7H,1-3H3,(H,18,20)(H,15,16,17). The van der Waals surface area contributed by atoms with Crippen molar-refractivity contribution in [2.75, 3.05) is 11.6 Å². The zero-order chi connectivity index (χ0) is 17.7. The summed E-state index contributed by atoms with van der Waals surface area (Å²) in [6.45, 7) is 3.23. The number of amides is 1. The van der Waals surface area contributed by atoms with Crippen molar-refractivity contribution in [2.24, 2.45) is 0 Å². The zero-order valence-corrected chi connectivity index (χ0v) is 14.0. The number of hydrogen-bond acceptors (Lipinski definition) is 7. The van der Waals surface area contributed by atoms with Gasteiger partial charge in [-0.1, -0.05) is 0 Å². The van der Waals surface area contributed by atoms with Crippen molar-refractivity contribution in [2.45, 2.75) is 24.4 Å². The summed E-state index contributed by atoms with van der Waals surface area (Å²) in [5.41, 5.74) is -1.74. The monoisotopic (exact) mass is 349 g/mol. The molecule has 0 atom stereocenters. The van der Waals surface area contributed by atoms with E-state index in [-0.39, 0.29) is 16.3 Å². The summed E-state index contributed by atoms with van der Waals surface area (Å²) in [7, 11) is -3.74. The summed E-state index contributed by atoms with van der Waals surface area (Å²) in [4.78, 5) is 32.5. The van der Waals surface area contributed by atoms with Crippen LogP contribution >= 0.6 is 0 Å². The molecule has 24 heavy (non-hydrogen) atoms. The molecule has 0 spiro atoms. The number of aromatic nitrogens is 3. The van der Waals surface area contributed by atoms with Gasteiger partial charge in [-0.05, 0) is 26.0 Å². The lowest BCUT2D eigenvalue weighted by Crippen LogP contribution is -2.42. The van der Waals surface area contributed by atoms with E-state index in [2.05, 4.69) is 20.6 Å². The second-order valence-electron chi connectivity index (χ2n) is 5.92. The fraction of sp³-hybridized carbons (Fsp3) is 0.286. The van der Waals surface area contributed by atoms with Gasteiger partial charge in [0, 0.05) is 12.5 Å². The van der Waals surface area contributed by atoms with Crippen molar-refractivity contribution in [3.63, 3.8) is 0 Å². The zero-order valence-electron chi connectivity index (χ0n) is 13.2. The van der Waals surface area contributed by atoms with E-state index in [1.807, 2.05) is 0 Å². The first-order chi connectivity index (χ1) is 11.1. The average molecular weight is 349 g/mol. The van der Waals surface area contributed by atoms with Crippen LogP contribution in [0.4, 0.5) is 11.5 Å². The minimum Gasteiger partial charge on any atom is -0.336 e. The molecule has 0 aromatic carbocycles. The predicted octanol–water partition coefficient (Wildman–Crippen LogP) is 0.221. The van der Waals surface area contributed by atoms with E-state index in [4.69, 9.17) is 0 Å². The summed E-state index contributed by atoms with van der Waals surface area (Å²) in [5, 5.41) is 5.39. The molecule has 1 aliphatic rings. The molecular formula is C14H15N5O4S. The fourth-order valence-corrected chi connectivity index (χ4v) is 3.48. The fourth-order valence-electron chi connectivity index (χ4n) is 2.61. The second kappa shape index (κ2) is 5.13. The van der Waals surface area contributed by atoms with E-state index in [0.717, 1.165) is 16.9 Å². The molecule has 0 saturated carbocycles. The highest BCUT2D eigenvalue weighted by Crippen LogP contribution is 2.28. The average Bonchev–Trinajstić information content (AvgIpc) is 2.71. The maximum Gasteiger partial charge on any atom is 0.276 e. The Bertz CT molecular complexity index is 996. The lowest BCUT2D eigenvalue weighted by molar-refractivity contribution is 0.0933. The van der Waals surface area contributed by atoms with Gasteiger partial charge < -0.3 is 10.6 Å². The Morgan fingerprint density at radius 2 is 2.00 bits per heavy atom. The van der Waals surface area contributed by atoms with Crippen LogP contribution in [0.25, 0.3) is 0 Å². The number of carbonyl (C=O) groups is 1.